The second-order valence-electron chi connectivity index (χ2n) is 4.88. The molecule has 2 saturated heterocycles. The lowest BCUT2D eigenvalue weighted by Crippen LogP contribution is -2.40. The minimum Gasteiger partial charge on any atom is -0.394 e. The highest BCUT2D eigenvalue weighted by Crippen LogP contribution is 2.75. The molecule has 6 atom stereocenters. The molecule has 5 unspecified atom stereocenters. The van der Waals surface area contributed by atoms with Gasteiger partial charge >= 0.3 is 0 Å². The average Bonchev–Trinajstić information content (AvgIpc) is 2.54. The van der Waals surface area contributed by atoms with Crippen LogP contribution in [0.25, 0.3) is 0 Å². The summed E-state index contributed by atoms with van der Waals surface area (Å²) in [7, 11) is -2.43. The van der Waals surface area contributed by atoms with Gasteiger partial charge in [-0.25, -0.2) is 0 Å². The van der Waals surface area contributed by atoms with E-state index in [1.54, 1.807) is 6.92 Å². The summed E-state index contributed by atoms with van der Waals surface area (Å²) in [6.45, 7) is 6.08. The summed E-state index contributed by atoms with van der Waals surface area (Å²) in [5.74, 6) is 1.71. The Labute approximate surface area is 85.3 Å². The molecule has 2 bridgehead atoms. The lowest BCUT2D eigenvalue weighted by molar-refractivity contribution is 0.121. The summed E-state index contributed by atoms with van der Waals surface area (Å²) < 4.78 is 18.0. The van der Waals surface area contributed by atoms with E-state index in [1.807, 2.05) is 0 Å². The number of hydrogen-bond acceptors (Lipinski definition) is 3. The van der Waals surface area contributed by atoms with Crippen LogP contribution in [0.1, 0.15) is 20.8 Å². The molecule has 82 valence electrons. The molecule has 1 saturated carbocycles. The third-order valence-electron chi connectivity index (χ3n) is 3.96. The Morgan fingerprint density at radius 3 is 2.43 bits per heavy atom. The fourth-order valence-electron chi connectivity index (χ4n) is 3.23. The predicted octanol–water partition coefficient (Wildman–Crippen LogP) is 1.95. The molecular weight excluding hydrogens is 199 g/mol. The van der Waals surface area contributed by atoms with Crippen molar-refractivity contribution in [2.75, 3.05) is 12.8 Å². The standard InChI is InChI=1S/C10H19O3P/c1-6(4-11)13-14(12)5-9-7(2)10(14)8(9)3/h6-11H,4-5H2,1-3H3/t6?,7-,8?,9?,10?,14?/m1/s1. The summed E-state index contributed by atoms with van der Waals surface area (Å²) in [5, 5.41) is 8.90. The molecule has 2 heterocycles. The zero-order valence-electron chi connectivity index (χ0n) is 9.01. The van der Waals surface area contributed by atoms with E-state index in [1.165, 1.54) is 0 Å². The smallest absolute Gasteiger partial charge is 0.207 e. The third kappa shape index (κ3) is 1.30. The van der Waals surface area contributed by atoms with E-state index in [-0.39, 0.29) is 18.4 Å². The number of fused-ring (bicyclic) bond motifs is 1. The monoisotopic (exact) mass is 218 g/mol. The molecule has 0 aromatic rings. The molecule has 2 aliphatic heterocycles. The first-order chi connectivity index (χ1) is 6.49. The van der Waals surface area contributed by atoms with Crippen LogP contribution in [0.3, 0.4) is 0 Å². The van der Waals surface area contributed by atoms with Crippen molar-refractivity contribution < 1.29 is 14.2 Å². The second-order valence-corrected chi connectivity index (χ2v) is 7.50. The SMILES string of the molecule is CC(CO)OP1(=O)CC2C(C)C1[C@@H]2C. The molecule has 4 heteroatoms. The van der Waals surface area contributed by atoms with E-state index in [9.17, 15) is 4.57 Å². The molecule has 14 heavy (non-hydrogen) atoms. The number of hydrogen-bond donors (Lipinski definition) is 1. The molecule has 0 radical (unpaired) electrons. The van der Waals surface area contributed by atoms with Crippen LogP contribution in [0.15, 0.2) is 0 Å². The van der Waals surface area contributed by atoms with Crippen molar-refractivity contribution >= 4 is 7.37 Å². The van der Waals surface area contributed by atoms with Crippen molar-refractivity contribution in [1.82, 2.24) is 0 Å². The summed E-state index contributed by atoms with van der Waals surface area (Å²) in [5.41, 5.74) is 0.265. The first kappa shape index (κ1) is 10.7. The zero-order valence-corrected chi connectivity index (χ0v) is 9.91. The van der Waals surface area contributed by atoms with Crippen LogP contribution < -0.4 is 0 Å². The molecule has 3 fully saturated rings. The Kier molecular flexibility index (Phi) is 2.53. The zero-order chi connectivity index (χ0) is 10.5. The number of aliphatic hydroxyl groups is 1. The third-order valence-corrected chi connectivity index (χ3v) is 7.46. The molecule has 0 aromatic carbocycles. The summed E-state index contributed by atoms with van der Waals surface area (Å²) in [6, 6.07) is 0. The highest BCUT2D eigenvalue weighted by Gasteiger charge is 2.63. The van der Waals surface area contributed by atoms with Gasteiger partial charge in [0.15, 0.2) is 0 Å². The van der Waals surface area contributed by atoms with Crippen LogP contribution in [-0.2, 0) is 9.09 Å². The van der Waals surface area contributed by atoms with Gasteiger partial charge in [-0.05, 0) is 24.7 Å². The van der Waals surface area contributed by atoms with E-state index >= 15 is 0 Å². The quantitative estimate of drug-likeness (QED) is 0.736. The second kappa shape index (κ2) is 3.33. The molecule has 0 aromatic heterocycles. The summed E-state index contributed by atoms with van der Waals surface area (Å²) >= 11 is 0. The summed E-state index contributed by atoms with van der Waals surface area (Å²) in [4.78, 5) is 0. The Balaban J connectivity index is 2.09. The summed E-state index contributed by atoms with van der Waals surface area (Å²) in [6.07, 6.45) is 0.462. The fraction of sp³-hybridized carbons (Fsp3) is 1.00. The lowest BCUT2D eigenvalue weighted by Gasteiger charge is -2.40. The van der Waals surface area contributed by atoms with E-state index in [0.717, 1.165) is 6.16 Å². The molecule has 0 amide bonds. The molecule has 1 N–H and O–H groups in total. The van der Waals surface area contributed by atoms with Crippen molar-refractivity contribution in [1.29, 1.82) is 0 Å². The van der Waals surface area contributed by atoms with Crippen LogP contribution >= 0.6 is 7.37 Å². The Hall–Kier alpha value is 0.150. The van der Waals surface area contributed by atoms with Crippen LogP contribution in [0, 0.1) is 17.8 Å². The largest absolute Gasteiger partial charge is 0.394 e. The van der Waals surface area contributed by atoms with Crippen LogP contribution in [-0.4, -0.2) is 29.6 Å². The van der Waals surface area contributed by atoms with E-state index in [0.29, 0.717) is 17.8 Å². The van der Waals surface area contributed by atoms with Gasteiger partial charge < -0.3 is 9.63 Å². The normalized spacial score (nSPS) is 52.9. The highest BCUT2D eigenvalue weighted by molar-refractivity contribution is 7.60. The molecule has 1 aliphatic carbocycles. The topological polar surface area (TPSA) is 46.5 Å². The fourth-order valence-corrected chi connectivity index (χ4v) is 7.51. The van der Waals surface area contributed by atoms with Crippen LogP contribution in [0.5, 0.6) is 0 Å². The first-order valence-electron chi connectivity index (χ1n) is 5.37. The Morgan fingerprint density at radius 1 is 1.50 bits per heavy atom. The van der Waals surface area contributed by atoms with Crippen LogP contribution in [0.2, 0.25) is 0 Å². The van der Waals surface area contributed by atoms with Gasteiger partial charge in [-0.3, -0.25) is 4.57 Å². The van der Waals surface area contributed by atoms with Crippen molar-refractivity contribution in [3.05, 3.63) is 0 Å². The van der Waals surface area contributed by atoms with Gasteiger partial charge in [0.2, 0.25) is 7.37 Å². The van der Waals surface area contributed by atoms with Crippen molar-refractivity contribution in [2.45, 2.75) is 32.5 Å². The number of rotatable bonds is 3. The average molecular weight is 218 g/mol. The van der Waals surface area contributed by atoms with Gasteiger partial charge in [0.25, 0.3) is 0 Å². The lowest BCUT2D eigenvalue weighted by atomic mass is 9.68. The van der Waals surface area contributed by atoms with Gasteiger partial charge in [0, 0.05) is 11.8 Å². The van der Waals surface area contributed by atoms with Gasteiger partial charge in [-0.1, -0.05) is 13.8 Å². The van der Waals surface area contributed by atoms with Crippen molar-refractivity contribution in [2.24, 2.45) is 17.8 Å². The number of aliphatic hydroxyl groups excluding tert-OH is 1. The molecule has 0 spiro atoms. The maximum absolute atomic E-state index is 12.4. The maximum atomic E-state index is 12.4. The van der Waals surface area contributed by atoms with E-state index < -0.39 is 7.37 Å². The molecular formula is C10H19O3P. The highest BCUT2D eigenvalue weighted by atomic mass is 31.2. The maximum Gasteiger partial charge on any atom is 0.207 e. The van der Waals surface area contributed by atoms with Crippen molar-refractivity contribution in [3.8, 4) is 0 Å². The van der Waals surface area contributed by atoms with Crippen LogP contribution in [0.4, 0.5) is 0 Å². The van der Waals surface area contributed by atoms with Gasteiger partial charge in [-0.2, -0.15) is 0 Å². The minimum absolute atomic E-state index is 0.0376. The first-order valence-corrected chi connectivity index (χ1v) is 7.25. The van der Waals surface area contributed by atoms with Gasteiger partial charge in [0.05, 0.1) is 12.7 Å². The molecule has 3 aliphatic rings. The van der Waals surface area contributed by atoms with E-state index in [2.05, 4.69) is 13.8 Å². The predicted molar refractivity (Wildman–Crippen MR) is 55.7 cm³/mol. The van der Waals surface area contributed by atoms with Gasteiger partial charge in [0.1, 0.15) is 0 Å². The van der Waals surface area contributed by atoms with E-state index in [4.69, 9.17) is 9.63 Å². The Bertz CT molecular complexity index is 269. The minimum atomic E-state index is -2.43. The van der Waals surface area contributed by atoms with Gasteiger partial charge in [-0.15, -0.1) is 0 Å². The molecule has 3 nitrogen and oxygen atoms in total. The van der Waals surface area contributed by atoms with Crippen molar-refractivity contribution in [3.63, 3.8) is 0 Å². The Morgan fingerprint density at radius 2 is 2.07 bits per heavy atom. The molecule has 3 rings (SSSR count).